The number of carbonyl (C=O) groups is 3. The molecule has 32 heavy (non-hydrogen) atoms. The van der Waals surface area contributed by atoms with Gasteiger partial charge in [0.1, 0.15) is 11.6 Å². The van der Waals surface area contributed by atoms with Crippen LogP contribution in [0.5, 0.6) is 0 Å². The largest absolute Gasteiger partial charge is 0.466 e. The van der Waals surface area contributed by atoms with Crippen molar-refractivity contribution >= 4 is 33.7 Å². The van der Waals surface area contributed by atoms with Crippen molar-refractivity contribution in [2.24, 2.45) is 11.8 Å². The number of amides is 2. The second kappa shape index (κ2) is 10.2. The molecule has 9 heteroatoms. The van der Waals surface area contributed by atoms with Gasteiger partial charge in [-0.25, -0.2) is 0 Å². The third-order valence-electron chi connectivity index (χ3n) is 6.95. The molecular formula is C23H35BrN2O6. The SMILES string of the molecule is C=CCN(CCCCC)C(=O)C1N([C@H](C)CO)C(=O)[C@@H]2[C@H](C(=O)OCC)[C@H]3OC12CC3Br. The van der Waals surface area contributed by atoms with E-state index >= 15 is 0 Å². The van der Waals surface area contributed by atoms with Crippen molar-refractivity contribution in [3.63, 3.8) is 0 Å². The molecule has 3 heterocycles. The first-order valence-electron chi connectivity index (χ1n) is 11.6. The predicted octanol–water partition coefficient (Wildman–Crippen LogP) is 1.88. The molecule has 7 atom stereocenters. The average Bonchev–Trinajstić information content (AvgIpc) is 3.36. The Morgan fingerprint density at radius 2 is 2.16 bits per heavy atom. The van der Waals surface area contributed by atoms with Crippen LogP contribution in [-0.2, 0) is 23.9 Å². The lowest BCUT2D eigenvalue weighted by molar-refractivity contribution is -0.156. The molecule has 2 bridgehead atoms. The van der Waals surface area contributed by atoms with Crippen molar-refractivity contribution in [1.29, 1.82) is 0 Å². The quantitative estimate of drug-likeness (QED) is 0.196. The fourth-order valence-electron chi connectivity index (χ4n) is 5.59. The molecule has 0 radical (unpaired) electrons. The second-order valence-corrected chi connectivity index (χ2v) is 10.1. The molecule has 8 nitrogen and oxygen atoms in total. The van der Waals surface area contributed by atoms with E-state index in [1.165, 1.54) is 4.90 Å². The smallest absolute Gasteiger partial charge is 0.312 e. The van der Waals surface area contributed by atoms with Gasteiger partial charge in [0.2, 0.25) is 11.8 Å². The second-order valence-electron chi connectivity index (χ2n) is 8.97. The summed E-state index contributed by atoms with van der Waals surface area (Å²) in [6.07, 6.45) is 4.44. The zero-order valence-corrected chi connectivity index (χ0v) is 20.8. The van der Waals surface area contributed by atoms with Gasteiger partial charge < -0.3 is 24.4 Å². The summed E-state index contributed by atoms with van der Waals surface area (Å²) < 4.78 is 11.7. The Kier molecular flexibility index (Phi) is 8.04. The molecule has 3 aliphatic heterocycles. The van der Waals surface area contributed by atoms with Crippen LogP contribution in [0.2, 0.25) is 0 Å². The maximum atomic E-state index is 13.9. The molecule has 3 aliphatic rings. The summed E-state index contributed by atoms with van der Waals surface area (Å²) in [5.74, 6) is -2.60. The summed E-state index contributed by atoms with van der Waals surface area (Å²) in [4.78, 5) is 43.4. The third kappa shape index (κ3) is 4.01. The predicted molar refractivity (Wildman–Crippen MR) is 122 cm³/mol. The molecular weight excluding hydrogens is 480 g/mol. The summed E-state index contributed by atoms with van der Waals surface area (Å²) in [7, 11) is 0. The number of unbranched alkanes of at least 4 members (excludes halogenated alkanes) is 2. The Morgan fingerprint density at radius 1 is 1.44 bits per heavy atom. The monoisotopic (exact) mass is 514 g/mol. The van der Waals surface area contributed by atoms with Crippen LogP contribution < -0.4 is 0 Å². The van der Waals surface area contributed by atoms with E-state index in [2.05, 4.69) is 29.4 Å². The highest BCUT2D eigenvalue weighted by Gasteiger charge is 2.77. The molecule has 1 spiro atoms. The van der Waals surface area contributed by atoms with Gasteiger partial charge in [-0.15, -0.1) is 6.58 Å². The minimum atomic E-state index is -1.13. The zero-order valence-electron chi connectivity index (χ0n) is 19.2. The molecule has 3 rings (SSSR count). The number of carbonyl (C=O) groups excluding carboxylic acids is 3. The number of hydrogen-bond donors (Lipinski definition) is 1. The number of rotatable bonds is 11. The van der Waals surface area contributed by atoms with Crippen LogP contribution in [-0.4, -0.2) is 87.6 Å². The van der Waals surface area contributed by atoms with Crippen LogP contribution in [0.25, 0.3) is 0 Å². The van der Waals surface area contributed by atoms with Gasteiger partial charge in [-0.2, -0.15) is 0 Å². The van der Waals surface area contributed by atoms with Crippen LogP contribution in [0.1, 0.15) is 46.5 Å². The minimum absolute atomic E-state index is 0.173. The van der Waals surface area contributed by atoms with Gasteiger partial charge in [-0.05, 0) is 26.7 Å². The average molecular weight is 515 g/mol. The topological polar surface area (TPSA) is 96.4 Å². The molecule has 3 fully saturated rings. The van der Waals surface area contributed by atoms with Gasteiger partial charge in [0.15, 0.2) is 0 Å². The maximum Gasteiger partial charge on any atom is 0.312 e. The number of aliphatic hydroxyl groups is 1. The Balaban J connectivity index is 2.03. The third-order valence-corrected chi connectivity index (χ3v) is 7.80. The van der Waals surface area contributed by atoms with E-state index in [4.69, 9.17) is 9.47 Å². The Hall–Kier alpha value is -1.45. The van der Waals surface area contributed by atoms with Gasteiger partial charge >= 0.3 is 5.97 Å². The molecule has 3 unspecified atom stereocenters. The molecule has 1 N–H and O–H groups in total. The van der Waals surface area contributed by atoms with E-state index in [9.17, 15) is 19.5 Å². The summed E-state index contributed by atoms with van der Waals surface area (Å²) in [6.45, 7) is 10.1. The summed E-state index contributed by atoms with van der Waals surface area (Å²) in [6, 6.07) is -1.50. The molecule has 3 saturated heterocycles. The highest BCUT2D eigenvalue weighted by Crippen LogP contribution is 2.60. The first-order valence-corrected chi connectivity index (χ1v) is 12.5. The van der Waals surface area contributed by atoms with E-state index in [1.807, 2.05) is 0 Å². The van der Waals surface area contributed by atoms with Gasteiger partial charge in [0, 0.05) is 17.9 Å². The summed E-state index contributed by atoms with van der Waals surface area (Å²) >= 11 is 3.62. The maximum absolute atomic E-state index is 13.9. The van der Waals surface area contributed by atoms with Gasteiger partial charge in [0.25, 0.3) is 0 Å². The molecule has 0 aliphatic carbocycles. The van der Waals surface area contributed by atoms with Crippen molar-refractivity contribution in [2.45, 2.75) is 75.1 Å². The van der Waals surface area contributed by atoms with Crippen LogP contribution in [0.15, 0.2) is 12.7 Å². The number of ether oxygens (including phenoxy) is 2. The lowest BCUT2D eigenvalue weighted by Gasteiger charge is -2.38. The lowest BCUT2D eigenvalue weighted by Crippen LogP contribution is -2.58. The molecule has 180 valence electrons. The van der Waals surface area contributed by atoms with E-state index < -0.39 is 41.6 Å². The molecule has 2 amide bonds. The highest BCUT2D eigenvalue weighted by molar-refractivity contribution is 9.09. The van der Waals surface area contributed by atoms with Crippen molar-refractivity contribution in [3.8, 4) is 0 Å². The van der Waals surface area contributed by atoms with E-state index in [-0.39, 0.29) is 29.9 Å². The normalized spacial score (nSPS) is 33.8. The van der Waals surface area contributed by atoms with Crippen molar-refractivity contribution in [3.05, 3.63) is 12.7 Å². The van der Waals surface area contributed by atoms with Crippen molar-refractivity contribution in [2.75, 3.05) is 26.3 Å². The Labute approximate surface area is 198 Å². The standard InChI is InChI=1S/C23H35BrN2O6/c1-5-8-9-11-25(10-6-2)21(29)19-23-12-15(24)18(32-23)16(22(30)31-7-3)17(23)20(28)26(19)14(4)13-27/h6,14-19,27H,2,5,7-13H2,1,3-4H3/t14-,15?,16+,17+,18+,19?,23?/m1/s1. The number of aliphatic hydroxyl groups excluding tert-OH is 1. The molecule has 0 aromatic heterocycles. The number of likely N-dealkylation sites (tertiary alicyclic amines) is 1. The van der Waals surface area contributed by atoms with E-state index in [1.54, 1.807) is 24.8 Å². The fraction of sp³-hybridized carbons (Fsp3) is 0.783. The van der Waals surface area contributed by atoms with Crippen molar-refractivity contribution < 1.29 is 29.0 Å². The number of fused-ring (bicyclic) bond motifs is 1. The number of nitrogens with zero attached hydrogens (tertiary/aromatic N) is 2. The number of esters is 1. The first-order chi connectivity index (χ1) is 15.3. The van der Waals surface area contributed by atoms with Gasteiger partial charge in [-0.1, -0.05) is 41.8 Å². The molecule has 0 aromatic rings. The minimum Gasteiger partial charge on any atom is -0.466 e. The molecule has 0 aromatic carbocycles. The van der Waals surface area contributed by atoms with Crippen LogP contribution >= 0.6 is 15.9 Å². The van der Waals surface area contributed by atoms with Crippen LogP contribution in [0, 0.1) is 11.8 Å². The van der Waals surface area contributed by atoms with E-state index in [0.29, 0.717) is 19.5 Å². The van der Waals surface area contributed by atoms with Gasteiger partial charge in [0.05, 0.1) is 37.2 Å². The number of alkyl halides is 1. The van der Waals surface area contributed by atoms with Crippen molar-refractivity contribution in [1.82, 2.24) is 9.80 Å². The highest BCUT2D eigenvalue weighted by atomic mass is 79.9. The first kappa shape index (κ1) is 25.2. The molecule has 0 saturated carbocycles. The fourth-order valence-corrected chi connectivity index (χ4v) is 6.53. The van der Waals surface area contributed by atoms with E-state index in [0.717, 1.165) is 19.3 Å². The Morgan fingerprint density at radius 3 is 2.75 bits per heavy atom. The zero-order chi connectivity index (χ0) is 23.6. The number of halogens is 1. The lowest BCUT2D eigenvalue weighted by atomic mass is 9.70. The van der Waals surface area contributed by atoms with Gasteiger partial charge in [-0.3, -0.25) is 14.4 Å². The van der Waals surface area contributed by atoms with Crippen LogP contribution in [0.3, 0.4) is 0 Å². The van der Waals surface area contributed by atoms with Crippen LogP contribution in [0.4, 0.5) is 0 Å². The number of hydrogen-bond acceptors (Lipinski definition) is 6. The Bertz CT molecular complexity index is 748. The summed E-state index contributed by atoms with van der Waals surface area (Å²) in [5.41, 5.74) is -1.13. The summed E-state index contributed by atoms with van der Waals surface area (Å²) in [5, 5.41) is 9.89.